The minimum atomic E-state index is -0.177. The molecule has 0 N–H and O–H groups in total. The van der Waals surface area contributed by atoms with Crippen LogP contribution in [0.25, 0.3) is 6.08 Å². The second-order valence-corrected chi connectivity index (χ2v) is 3.77. The Bertz CT molecular complexity index is 392. The molecule has 0 spiro atoms. The van der Waals surface area contributed by atoms with Gasteiger partial charge in [-0.1, -0.05) is 35.9 Å². The standard InChI is InChI=1S/C14H18O2/c1-4-16-14(15)7-5-6-13-10-11(2)8-9-12(13)3/h5-6,8-10H,4,7H2,1-3H3. The first-order valence-corrected chi connectivity index (χ1v) is 5.53. The zero-order chi connectivity index (χ0) is 12.0. The molecule has 0 unspecified atom stereocenters. The Morgan fingerprint density at radius 2 is 2.12 bits per heavy atom. The van der Waals surface area contributed by atoms with Gasteiger partial charge in [-0.2, -0.15) is 0 Å². The fourth-order valence-electron chi connectivity index (χ4n) is 1.44. The molecule has 0 bridgehead atoms. The zero-order valence-corrected chi connectivity index (χ0v) is 10.1. The quantitative estimate of drug-likeness (QED) is 0.725. The summed E-state index contributed by atoms with van der Waals surface area (Å²) in [5.74, 6) is -0.177. The minimum Gasteiger partial charge on any atom is -0.466 e. The molecule has 1 rings (SSSR count). The van der Waals surface area contributed by atoms with Gasteiger partial charge < -0.3 is 4.74 Å². The third kappa shape index (κ3) is 3.89. The van der Waals surface area contributed by atoms with E-state index in [4.69, 9.17) is 4.74 Å². The molecule has 0 atom stereocenters. The Morgan fingerprint density at radius 3 is 2.81 bits per heavy atom. The average molecular weight is 218 g/mol. The molecule has 1 aromatic rings. The van der Waals surface area contributed by atoms with Crippen molar-refractivity contribution in [3.05, 3.63) is 41.0 Å². The first-order chi connectivity index (χ1) is 7.63. The van der Waals surface area contributed by atoms with E-state index in [2.05, 4.69) is 32.0 Å². The summed E-state index contributed by atoms with van der Waals surface area (Å²) in [6.45, 7) is 6.37. The molecule has 0 aliphatic carbocycles. The van der Waals surface area contributed by atoms with Crippen LogP contribution in [0.15, 0.2) is 24.3 Å². The van der Waals surface area contributed by atoms with Gasteiger partial charge in [0.15, 0.2) is 0 Å². The van der Waals surface area contributed by atoms with Gasteiger partial charge in [-0.3, -0.25) is 4.79 Å². The largest absolute Gasteiger partial charge is 0.466 e. The summed E-state index contributed by atoms with van der Waals surface area (Å²) in [7, 11) is 0. The highest BCUT2D eigenvalue weighted by molar-refractivity contribution is 5.72. The lowest BCUT2D eigenvalue weighted by atomic mass is 10.1. The van der Waals surface area contributed by atoms with Crippen LogP contribution in [0, 0.1) is 13.8 Å². The number of aryl methyl sites for hydroxylation is 2. The molecule has 0 aromatic heterocycles. The molecule has 0 radical (unpaired) electrons. The zero-order valence-electron chi connectivity index (χ0n) is 10.1. The molecule has 16 heavy (non-hydrogen) atoms. The molecular formula is C14H18O2. The Labute approximate surface area is 96.9 Å². The van der Waals surface area contributed by atoms with E-state index in [0.29, 0.717) is 13.0 Å². The Hall–Kier alpha value is -1.57. The summed E-state index contributed by atoms with van der Waals surface area (Å²) in [5.41, 5.74) is 3.59. The van der Waals surface area contributed by atoms with Crippen molar-refractivity contribution in [2.24, 2.45) is 0 Å². The molecule has 86 valence electrons. The number of hydrogen-bond acceptors (Lipinski definition) is 2. The molecular weight excluding hydrogens is 200 g/mol. The van der Waals surface area contributed by atoms with Gasteiger partial charge in [-0.05, 0) is 31.9 Å². The lowest BCUT2D eigenvalue weighted by Crippen LogP contribution is -2.01. The molecule has 0 aliphatic rings. The SMILES string of the molecule is CCOC(=O)CC=Cc1cc(C)ccc1C. The van der Waals surface area contributed by atoms with Gasteiger partial charge in [-0.25, -0.2) is 0 Å². The Balaban J connectivity index is 2.62. The van der Waals surface area contributed by atoms with Crippen LogP contribution < -0.4 is 0 Å². The van der Waals surface area contributed by atoms with Crippen molar-refractivity contribution in [3.8, 4) is 0 Å². The van der Waals surface area contributed by atoms with Gasteiger partial charge >= 0.3 is 5.97 Å². The summed E-state index contributed by atoms with van der Waals surface area (Å²) in [6, 6.07) is 6.27. The van der Waals surface area contributed by atoms with Crippen molar-refractivity contribution >= 4 is 12.0 Å². The van der Waals surface area contributed by atoms with E-state index < -0.39 is 0 Å². The smallest absolute Gasteiger partial charge is 0.309 e. The number of benzene rings is 1. The number of rotatable bonds is 4. The molecule has 0 fully saturated rings. The highest BCUT2D eigenvalue weighted by Gasteiger charge is 1.98. The average Bonchev–Trinajstić information content (AvgIpc) is 2.23. The van der Waals surface area contributed by atoms with Crippen molar-refractivity contribution in [1.82, 2.24) is 0 Å². The normalized spacial score (nSPS) is 10.7. The van der Waals surface area contributed by atoms with Crippen molar-refractivity contribution in [3.63, 3.8) is 0 Å². The molecule has 0 saturated heterocycles. The first kappa shape index (κ1) is 12.5. The predicted octanol–water partition coefficient (Wildman–Crippen LogP) is 3.27. The maximum absolute atomic E-state index is 11.1. The van der Waals surface area contributed by atoms with E-state index in [1.165, 1.54) is 11.1 Å². The number of carbonyl (C=O) groups is 1. The van der Waals surface area contributed by atoms with Crippen molar-refractivity contribution in [2.75, 3.05) is 6.61 Å². The van der Waals surface area contributed by atoms with E-state index in [0.717, 1.165) is 5.56 Å². The summed E-state index contributed by atoms with van der Waals surface area (Å²) in [5, 5.41) is 0. The molecule has 0 heterocycles. The van der Waals surface area contributed by atoms with Crippen LogP contribution in [0.4, 0.5) is 0 Å². The van der Waals surface area contributed by atoms with E-state index in [1.807, 2.05) is 19.1 Å². The fraction of sp³-hybridized carbons (Fsp3) is 0.357. The Morgan fingerprint density at radius 1 is 1.38 bits per heavy atom. The fourth-order valence-corrected chi connectivity index (χ4v) is 1.44. The van der Waals surface area contributed by atoms with Crippen molar-refractivity contribution < 1.29 is 9.53 Å². The summed E-state index contributed by atoms with van der Waals surface area (Å²) < 4.78 is 4.84. The maximum Gasteiger partial charge on any atom is 0.309 e. The molecule has 2 heteroatoms. The van der Waals surface area contributed by atoms with Gasteiger partial charge in [-0.15, -0.1) is 0 Å². The monoisotopic (exact) mass is 218 g/mol. The van der Waals surface area contributed by atoms with Crippen LogP contribution in [-0.2, 0) is 9.53 Å². The maximum atomic E-state index is 11.1. The van der Waals surface area contributed by atoms with Crippen LogP contribution >= 0.6 is 0 Å². The minimum absolute atomic E-state index is 0.177. The van der Waals surface area contributed by atoms with Crippen LogP contribution in [-0.4, -0.2) is 12.6 Å². The van der Waals surface area contributed by atoms with E-state index >= 15 is 0 Å². The van der Waals surface area contributed by atoms with Crippen LogP contribution in [0.5, 0.6) is 0 Å². The van der Waals surface area contributed by atoms with Crippen molar-refractivity contribution in [1.29, 1.82) is 0 Å². The molecule has 0 aliphatic heterocycles. The van der Waals surface area contributed by atoms with Gasteiger partial charge in [0.05, 0.1) is 13.0 Å². The highest BCUT2D eigenvalue weighted by Crippen LogP contribution is 2.12. The third-order valence-corrected chi connectivity index (χ3v) is 2.32. The lowest BCUT2D eigenvalue weighted by Gasteiger charge is -2.01. The summed E-state index contributed by atoms with van der Waals surface area (Å²) >= 11 is 0. The number of hydrogen-bond donors (Lipinski definition) is 0. The molecule has 0 amide bonds. The molecule has 1 aromatic carbocycles. The summed E-state index contributed by atoms with van der Waals surface area (Å²) in [6.07, 6.45) is 4.15. The molecule has 0 saturated carbocycles. The second-order valence-electron chi connectivity index (χ2n) is 3.77. The van der Waals surface area contributed by atoms with Crippen LogP contribution in [0.3, 0.4) is 0 Å². The van der Waals surface area contributed by atoms with Crippen molar-refractivity contribution in [2.45, 2.75) is 27.2 Å². The third-order valence-electron chi connectivity index (χ3n) is 2.32. The Kier molecular flexibility index (Phi) is 4.77. The second kappa shape index (κ2) is 6.11. The van der Waals surface area contributed by atoms with E-state index in [-0.39, 0.29) is 5.97 Å². The first-order valence-electron chi connectivity index (χ1n) is 5.53. The number of esters is 1. The summed E-state index contributed by atoms with van der Waals surface area (Å²) in [4.78, 5) is 11.1. The number of carbonyl (C=O) groups excluding carboxylic acids is 1. The lowest BCUT2D eigenvalue weighted by molar-refractivity contribution is -0.142. The van der Waals surface area contributed by atoms with E-state index in [9.17, 15) is 4.79 Å². The van der Waals surface area contributed by atoms with Gasteiger partial charge in [0, 0.05) is 0 Å². The van der Waals surface area contributed by atoms with Crippen LogP contribution in [0.2, 0.25) is 0 Å². The van der Waals surface area contributed by atoms with E-state index in [1.54, 1.807) is 0 Å². The highest BCUT2D eigenvalue weighted by atomic mass is 16.5. The predicted molar refractivity (Wildman–Crippen MR) is 66.2 cm³/mol. The van der Waals surface area contributed by atoms with Gasteiger partial charge in [0.1, 0.15) is 0 Å². The van der Waals surface area contributed by atoms with Crippen LogP contribution in [0.1, 0.15) is 30.0 Å². The van der Waals surface area contributed by atoms with Gasteiger partial charge in [0.2, 0.25) is 0 Å². The molecule has 2 nitrogen and oxygen atoms in total. The number of ether oxygens (including phenoxy) is 1. The van der Waals surface area contributed by atoms with Gasteiger partial charge in [0.25, 0.3) is 0 Å². The topological polar surface area (TPSA) is 26.3 Å².